The summed E-state index contributed by atoms with van der Waals surface area (Å²) in [5.41, 5.74) is 1.32. The van der Waals surface area contributed by atoms with Gasteiger partial charge in [0.25, 0.3) is 0 Å². The number of benzene rings is 2. The molecule has 0 aliphatic carbocycles. The van der Waals surface area contributed by atoms with E-state index in [0.717, 1.165) is 11.6 Å². The van der Waals surface area contributed by atoms with Gasteiger partial charge in [-0.05, 0) is 30.2 Å². The molecule has 1 unspecified atom stereocenters. The Bertz CT molecular complexity index is 719. The van der Waals surface area contributed by atoms with E-state index in [0.29, 0.717) is 11.3 Å². The number of ether oxygens (including phenoxy) is 1. The van der Waals surface area contributed by atoms with Crippen molar-refractivity contribution in [1.82, 2.24) is 0 Å². The number of halogens is 1. The topological polar surface area (TPSA) is 50.1 Å². The molecule has 0 fully saturated rings. The van der Waals surface area contributed by atoms with E-state index >= 15 is 0 Å². The summed E-state index contributed by atoms with van der Waals surface area (Å²) in [6, 6.07) is 13.1. The van der Waals surface area contributed by atoms with E-state index in [4.69, 9.17) is 4.74 Å². The second-order valence-corrected chi connectivity index (χ2v) is 4.63. The highest BCUT2D eigenvalue weighted by Crippen LogP contribution is 2.26. The zero-order chi connectivity index (χ0) is 15.4. The summed E-state index contributed by atoms with van der Waals surface area (Å²) in [5, 5.41) is 9.31. The van der Waals surface area contributed by atoms with Gasteiger partial charge in [-0.25, -0.2) is 4.39 Å². The van der Waals surface area contributed by atoms with E-state index in [1.54, 1.807) is 12.1 Å². The molecule has 0 aliphatic rings. The van der Waals surface area contributed by atoms with E-state index in [1.165, 1.54) is 19.2 Å². The van der Waals surface area contributed by atoms with E-state index in [2.05, 4.69) is 0 Å². The average Bonchev–Trinajstić information content (AvgIpc) is 2.49. The molecule has 0 bridgehead atoms. The number of carbonyl (C=O) groups excluding carboxylic acids is 1. The number of ketones is 1. The van der Waals surface area contributed by atoms with E-state index < -0.39 is 17.5 Å². The molecule has 2 aromatic rings. The van der Waals surface area contributed by atoms with Gasteiger partial charge in [0.1, 0.15) is 17.5 Å². The van der Waals surface area contributed by atoms with Crippen LogP contribution in [-0.2, 0) is 0 Å². The molecule has 106 valence electrons. The van der Waals surface area contributed by atoms with Crippen LogP contribution in [0, 0.1) is 24.1 Å². The lowest BCUT2D eigenvalue weighted by molar-refractivity contribution is 0.0974. The van der Waals surface area contributed by atoms with Crippen LogP contribution in [-0.4, -0.2) is 12.9 Å². The maximum absolute atomic E-state index is 14.0. The summed E-state index contributed by atoms with van der Waals surface area (Å²) in [7, 11) is 1.42. The molecule has 2 aromatic carbocycles. The van der Waals surface area contributed by atoms with E-state index in [9.17, 15) is 14.4 Å². The highest BCUT2D eigenvalue weighted by atomic mass is 19.1. The minimum atomic E-state index is -1.02. The van der Waals surface area contributed by atoms with Crippen molar-refractivity contribution in [3.8, 4) is 11.8 Å². The third-order valence-electron chi connectivity index (χ3n) is 3.33. The Morgan fingerprint density at radius 1 is 1.29 bits per heavy atom. The van der Waals surface area contributed by atoms with Crippen molar-refractivity contribution in [1.29, 1.82) is 5.26 Å². The molecule has 0 N–H and O–H groups in total. The van der Waals surface area contributed by atoms with Gasteiger partial charge in [0.15, 0.2) is 5.78 Å². The summed E-state index contributed by atoms with van der Waals surface area (Å²) < 4.78 is 18.9. The van der Waals surface area contributed by atoms with Crippen LogP contribution in [0.25, 0.3) is 0 Å². The molecule has 0 aliphatic heterocycles. The number of aryl methyl sites for hydroxylation is 1. The van der Waals surface area contributed by atoms with Crippen LogP contribution < -0.4 is 4.74 Å². The quantitative estimate of drug-likeness (QED) is 0.805. The van der Waals surface area contributed by atoms with Crippen molar-refractivity contribution in [3.05, 3.63) is 65.0 Å². The first-order chi connectivity index (χ1) is 10.1. The molecular formula is C17H14FNO2. The number of nitriles is 1. The van der Waals surface area contributed by atoms with Gasteiger partial charge >= 0.3 is 0 Å². The Kier molecular flexibility index (Phi) is 4.34. The number of nitrogens with zero attached hydrogens (tertiary/aromatic N) is 1. The predicted molar refractivity (Wildman–Crippen MR) is 76.8 cm³/mol. The fourth-order valence-electron chi connectivity index (χ4n) is 2.16. The lowest BCUT2D eigenvalue weighted by atomic mass is 9.89. The van der Waals surface area contributed by atoms with Crippen molar-refractivity contribution < 1.29 is 13.9 Å². The summed E-state index contributed by atoms with van der Waals surface area (Å²) in [6.07, 6.45) is 0. The molecule has 0 radical (unpaired) electrons. The first-order valence-corrected chi connectivity index (χ1v) is 6.41. The molecule has 0 heterocycles. The second-order valence-electron chi connectivity index (χ2n) is 4.63. The zero-order valence-electron chi connectivity index (χ0n) is 11.8. The number of hydrogen-bond donors (Lipinski definition) is 0. The Morgan fingerprint density at radius 2 is 2.00 bits per heavy atom. The van der Waals surface area contributed by atoms with Crippen LogP contribution in [0.1, 0.15) is 27.4 Å². The first kappa shape index (κ1) is 14.7. The molecule has 0 saturated heterocycles. The number of methoxy groups -OCH3 is 1. The molecule has 3 nitrogen and oxygen atoms in total. The van der Waals surface area contributed by atoms with Crippen molar-refractivity contribution in [2.45, 2.75) is 12.8 Å². The minimum absolute atomic E-state index is 0.106. The fourth-order valence-corrected chi connectivity index (χ4v) is 2.16. The Hall–Kier alpha value is -2.67. The lowest BCUT2D eigenvalue weighted by Gasteiger charge is -2.12. The van der Waals surface area contributed by atoms with Crippen molar-refractivity contribution in [2.24, 2.45) is 0 Å². The summed E-state index contributed by atoms with van der Waals surface area (Å²) in [6.45, 7) is 1.82. The first-order valence-electron chi connectivity index (χ1n) is 6.41. The van der Waals surface area contributed by atoms with Gasteiger partial charge < -0.3 is 4.74 Å². The van der Waals surface area contributed by atoms with Gasteiger partial charge in [-0.15, -0.1) is 0 Å². The molecule has 0 saturated carbocycles. The fraction of sp³-hybridized carbons (Fsp3) is 0.176. The monoisotopic (exact) mass is 283 g/mol. The van der Waals surface area contributed by atoms with Gasteiger partial charge in [0.05, 0.1) is 18.7 Å². The van der Waals surface area contributed by atoms with Crippen LogP contribution in [0.5, 0.6) is 5.75 Å². The third kappa shape index (κ3) is 2.92. The highest BCUT2D eigenvalue weighted by molar-refractivity contribution is 6.03. The second kappa shape index (κ2) is 6.19. The Balaban J connectivity index is 2.43. The SMILES string of the molecule is COc1ccc(C(=O)C(C#N)c2ccccc2C)c(F)c1. The smallest absolute Gasteiger partial charge is 0.187 e. The van der Waals surface area contributed by atoms with Crippen LogP contribution in [0.2, 0.25) is 0 Å². The summed E-state index contributed by atoms with van der Waals surface area (Å²) in [4.78, 5) is 12.4. The van der Waals surface area contributed by atoms with Gasteiger partial charge in [0.2, 0.25) is 0 Å². The molecule has 0 aromatic heterocycles. The molecule has 0 amide bonds. The van der Waals surface area contributed by atoms with Gasteiger partial charge in [-0.3, -0.25) is 4.79 Å². The lowest BCUT2D eigenvalue weighted by Crippen LogP contribution is -2.14. The van der Waals surface area contributed by atoms with Crippen LogP contribution in [0.3, 0.4) is 0 Å². The van der Waals surface area contributed by atoms with Crippen molar-refractivity contribution in [3.63, 3.8) is 0 Å². The summed E-state index contributed by atoms with van der Waals surface area (Å²) in [5.74, 6) is -1.93. The molecule has 21 heavy (non-hydrogen) atoms. The highest BCUT2D eigenvalue weighted by Gasteiger charge is 2.25. The van der Waals surface area contributed by atoms with Crippen LogP contribution >= 0.6 is 0 Å². The molecule has 4 heteroatoms. The number of hydrogen-bond acceptors (Lipinski definition) is 3. The van der Waals surface area contributed by atoms with Crippen molar-refractivity contribution >= 4 is 5.78 Å². The molecular weight excluding hydrogens is 269 g/mol. The standard InChI is InChI=1S/C17H14FNO2/c1-11-5-3-4-6-13(11)15(10-19)17(20)14-8-7-12(21-2)9-16(14)18/h3-9,15H,1-2H3. The minimum Gasteiger partial charge on any atom is -0.497 e. The van der Waals surface area contributed by atoms with Gasteiger partial charge in [-0.1, -0.05) is 24.3 Å². The molecule has 1 atom stereocenters. The van der Waals surface area contributed by atoms with Gasteiger partial charge in [-0.2, -0.15) is 5.26 Å². The van der Waals surface area contributed by atoms with Crippen LogP contribution in [0.4, 0.5) is 4.39 Å². The largest absolute Gasteiger partial charge is 0.497 e. The maximum Gasteiger partial charge on any atom is 0.187 e. The zero-order valence-corrected chi connectivity index (χ0v) is 11.8. The Morgan fingerprint density at radius 3 is 2.57 bits per heavy atom. The van der Waals surface area contributed by atoms with Crippen molar-refractivity contribution in [2.75, 3.05) is 7.11 Å². The van der Waals surface area contributed by atoms with E-state index in [1.807, 2.05) is 25.1 Å². The maximum atomic E-state index is 14.0. The van der Waals surface area contributed by atoms with Gasteiger partial charge in [0, 0.05) is 6.07 Å². The van der Waals surface area contributed by atoms with Crippen LogP contribution in [0.15, 0.2) is 42.5 Å². The Labute approximate surface area is 122 Å². The number of Topliss-reactive ketones (excluding diaryl/α,β-unsaturated/α-hetero) is 1. The predicted octanol–water partition coefficient (Wildman–Crippen LogP) is 3.63. The van der Waals surface area contributed by atoms with E-state index in [-0.39, 0.29) is 5.56 Å². The number of carbonyl (C=O) groups is 1. The molecule has 0 spiro atoms. The normalized spacial score (nSPS) is 11.5. The third-order valence-corrected chi connectivity index (χ3v) is 3.33. The number of rotatable bonds is 4. The molecule has 2 rings (SSSR count). The summed E-state index contributed by atoms with van der Waals surface area (Å²) >= 11 is 0. The average molecular weight is 283 g/mol.